The van der Waals surface area contributed by atoms with Crippen molar-refractivity contribution in [2.45, 2.75) is 38.8 Å². The lowest BCUT2D eigenvalue weighted by Crippen LogP contribution is -2.34. The molecule has 1 fully saturated rings. The third-order valence-corrected chi connectivity index (χ3v) is 6.53. The fourth-order valence-corrected chi connectivity index (χ4v) is 4.72. The molecule has 0 unspecified atom stereocenters. The van der Waals surface area contributed by atoms with Crippen LogP contribution in [0, 0.1) is 12.7 Å². The molecular weight excluding hydrogens is 415 g/mol. The first-order valence-electron chi connectivity index (χ1n) is 11.5. The Labute approximate surface area is 195 Å². The number of amides is 1. The molecule has 33 heavy (non-hydrogen) atoms. The van der Waals surface area contributed by atoms with Crippen molar-refractivity contribution in [3.05, 3.63) is 101 Å². The number of methoxy groups -OCH3 is 1. The number of anilines is 1. The zero-order valence-corrected chi connectivity index (χ0v) is 19.3. The summed E-state index contributed by atoms with van der Waals surface area (Å²) in [6.45, 7) is 5.32. The Hall–Kier alpha value is -3.18. The Morgan fingerprint density at radius 3 is 2.36 bits per heavy atom. The molecule has 1 aliphatic rings. The van der Waals surface area contributed by atoms with Gasteiger partial charge in [0.2, 0.25) is 0 Å². The van der Waals surface area contributed by atoms with Crippen LogP contribution in [-0.2, 0) is 17.8 Å². The summed E-state index contributed by atoms with van der Waals surface area (Å²) in [7, 11) is 1.43. The molecule has 0 aliphatic carbocycles. The average molecular weight is 447 g/mol. The first-order valence-corrected chi connectivity index (χ1v) is 11.5. The molecule has 1 aliphatic heterocycles. The van der Waals surface area contributed by atoms with Crippen LogP contribution in [0.15, 0.2) is 72.8 Å². The normalized spacial score (nSPS) is 14.8. The minimum absolute atomic E-state index is 0.194. The second kappa shape index (κ2) is 10.6. The Morgan fingerprint density at radius 1 is 1.00 bits per heavy atom. The van der Waals surface area contributed by atoms with Crippen LogP contribution in [-0.4, -0.2) is 31.2 Å². The van der Waals surface area contributed by atoms with E-state index >= 15 is 0 Å². The van der Waals surface area contributed by atoms with E-state index in [1.165, 1.54) is 24.8 Å². The van der Waals surface area contributed by atoms with Gasteiger partial charge in [-0.25, -0.2) is 9.18 Å². The van der Waals surface area contributed by atoms with Crippen LogP contribution in [0.3, 0.4) is 0 Å². The number of hydrogen-bond acceptors (Lipinski definition) is 3. The van der Waals surface area contributed by atoms with Gasteiger partial charge < -0.3 is 4.74 Å². The minimum Gasteiger partial charge on any atom is -0.452 e. The molecule has 3 aromatic rings. The summed E-state index contributed by atoms with van der Waals surface area (Å²) in [4.78, 5) is 16.8. The van der Waals surface area contributed by atoms with Crippen LogP contribution < -0.4 is 4.90 Å². The number of benzene rings is 3. The molecule has 0 bridgehead atoms. The maximum absolute atomic E-state index is 13.2. The molecule has 4 nitrogen and oxygen atoms in total. The van der Waals surface area contributed by atoms with Crippen molar-refractivity contribution in [2.24, 2.45) is 0 Å². The summed E-state index contributed by atoms with van der Waals surface area (Å²) in [5, 5.41) is 0. The summed E-state index contributed by atoms with van der Waals surface area (Å²) in [5.41, 5.74) is 5.51. The Bertz CT molecular complexity index is 1080. The number of hydrogen-bond donors (Lipinski definition) is 0. The molecule has 1 heterocycles. The molecule has 0 aromatic heterocycles. The highest BCUT2D eigenvalue weighted by molar-refractivity contribution is 5.88. The lowest BCUT2D eigenvalue weighted by Gasteiger charge is -2.33. The molecule has 0 radical (unpaired) electrons. The molecule has 0 spiro atoms. The van der Waals surface area contributed by atoms with Crippen LogP contribution >= 0.6 is 0 Å². The maximum Gasteiger partial charge on any atom is 0.414 e. The monoisotopic (exact) mass is 446 g/mol. The second-order valence-corrected chi connectivity index (χ2v) is 8.72. The summed E-state index contributed by atoms with van der Waals surface area (Å²) < 4.78 is 18.3. The number of rotatable bonds is 6. The van der Waals surface area contributed by atoms with Crippen molar-refractivity contribution in [2.75, 3.05) is 25.1 Å². The predicted octanol–water partition coefficient (Wildman–Crippen LogP) is 6.29. The standard InChI is InChI=1S/C28H31FN2O2/c1-21-7-3-6-10-27(21)31(28(32)33-2)20-24-8-4-5-9-26(24)23-15-17-30(18-16-23)19-22-11-13-25(29)14-12-22/h3-14,23H,15-20H2,1-2H3. The van der Waals surface area contributed by atoms with E-state index in [2.05, 4.69) is 23.1 Å². The van der Waals surface area contributed by atoms with Gasteiger partial charge in [-0.1, -0.05) is 54.6 Å². The van der Waals surface area contributed by atoms with Crippen LogP contribution in [0.1, 0.15) is 41.0 Å². The van der Waals surface area contributed by atoms with E-state index in [9.17, 15) is 9.18 Å². The van der Waals surface area contributed by atoms with E-state index in [-0.39, 0.29) is 11.9 Å². The molecule has 3 aromatic carbocycles. The number of piperidine rings is 1. The first-order chi connectivity index (χ1) is 16.0. The van der Waals surface area contributed by atoms with E-state index in [0.29, 0.717) is 12.5 Å². The first kappa shape index (κ1) is 23.0. The third kappa shape index (κ3) is 5.60. The summed E-state index contributed by atoms with van der Waals surface area (Å²) >= 11 is 0. The van der Waals surface area contributed by atoms with Gasteiger partial charge in [-0.2, -0.15) is 0 Å². The van der Waals surface area contributed by atoms with Gasteiger partial charge in [0, 0.05) is 6.54 Å². The molecule has 4 rings (SSSR count). The maximum atomic E-state index is 13.2. The third-order valence-electron chi connectivity index (χ3n) is 6.53. The molecule has 5 heteroatoms. The van der Waals surface area contributed by atoms with Crippen molar-refractivity contribution in [1.82, 2.24) is 4.90 Å². The number of likely N-dealkylation sites (tertiary alicyclic amines) is 1. The Kier molecular flexibility index (Phi) is 7.40. The van der Waals surface area contributed by atoms with Gasteiger partial charge in [-0.3, -0.25) is 9.80 Å². The smallest absolute Gasteiger partial charge is 0.414 e. The highest BCUT2D eigenvalue weighted by atomic mass is 19.1. The zero-order valence-electron chi connectivity index (χ0n) is 19.3. The van der Waals surface area contributed by atoms with Gasteiger partial charge in [-0.05, 0) is 79.2 Å². The van der Waals surface area contributed by atoms with Crippen LogP contribution in [0.5, 0.6) is 0 Å². The molecular formula is C28H31FN2O2. The molecule has 1 saturated heterocycles. The fraction of sp³-hybridized carbons (Fsp3) is 0.321. The van der Waals surface area contributed by atoms with E-state index in [1.807, 2.05) is 49.4 Å². The van der Waals surface area contributed by atoms with Crippen LogP contribution in [0.2, 0.25) is 0 Å². The fourth-order valence-electron chi connectivity index (χ4n) is 4.72. The molecule has 0 atom stereocenters. The van der Waals surface area contributed by atoms with Crippen molar-refractivity contribution >= 4 is 11.8 Å². The van der Waals surface area contributed by atoms with E-state index in [1.54, 1.807) is 4.90 Å². The lowest BCUT2D eigenvalue weighted by molar-refractivity contribution is 0.178. The molecule has 1 amide bonds. The highest BCUT2D eigenvalue weighted by Gasteiger charge is 2.25. The topological polar surface area (TPSA) is 32.8 Å². The summed E-state index contributed by atoms with van der Waals surface area (Å²) in [6, 6.07) is 23.1. The average Bonchev–Trinajstić information content (AvgIpc) is 2.85. The van der Waals surface area contributed by atoms with Crippen molar-refractivity contribution < 1.29 is 13.9 Å². The number of para-hydroxylation sites is 1. The van der Waals surface area contributed by atoms with Crippen molar-refractivity contribution in [3.63, 3.8) is 0 Å². The van der Waals surface area contributed by atoms with E-state index in [4.69, 9.17) is 4.74 Å². The minimum atomic E-state index is -0.353. The number of carbonyl (C=O) groups excluding carboxylic acids is 1. The quantitative estimate of drug-likeness (QED) is 0.446. The number of ether oxygens (including phenoxy) is 1. The second-order valence-electron chi connectivity index (χ2n) is 8.72. The van der Waals surface area contributed by atoms with E-state index in [0.717, 1.165) is 54.9 Å². The Morgan fingerprint density at radius 2 is 1.67 bits per heavy atom. The van der Waals surface area contributed by atoms with Gasteiger partial charge in [-0.15, -0.1) is 0 Å². The van der Waals surface area contributed by atoms with Gasteiger partial charge in [0.05, 0.1) is 19.3 Å². The molecule has 0 saturated carbocycles. The highest BCUT2D eigenvalue weighted by Crippen LogP contribution is 2.33. The Balaban J connectivity index is 1.47. The SMILES string of the molecule is COC(=O)N(Cc1ccccc1C1CCN(Cc2ccc(F)cc2)CC1)c1ccccc1C. The van der Waals surface area contributed by atoms with Crippen molar-refractivity contribution in [3.8, 4) is 0 Å². The number of aryl methyl sites for hydroxylation is 1. The van der Waals surface area contributed by atoms with Gasteiger partial charge in [0.1, 0.15) is 5.82 Å². The lowest BCUT2D eigenvalue weighted by atomic mass is 9.86. The number of carbonyl (C=O) groups is 1. The predicted molar refractivity (Wildman–Crippen MR) is 130 cm³/mol. The van der Waals surface area contributed by atoms with E-state index < -0.39 is 0 Å². The summed E-state index contributed by atoms with van der Waals surface area (Å²) in [5.74, 6) is 0.253. The van der Waals surface area contributed by atoms with Crippen LogP contribution in [0.25, 0.3) is 0 Å². The summed E-state index contributed by atoms with van der Waals surface area (Å²) in [6.07, 6.45) is 1.76. The largest absolute Gasteiger partial charge is 0.452 e. The number of halogens is 1. The zero-order chi connectivity index (χ0) is 23.2. The van der Waals surface area contributed by atoms with Crippen molar-refractivity contribution in [1.29, 1.82) is 0 Å². The van der Waals surface area contributed by atoms with Gasteiger partial charge >= 0.3 is 6.09 Å². The molecule has 0 N–H and O–H groups in total. The van der Waals surface area contributed by atoms with Gasteiger partial charge in [0.25, 0.3) is 0 Å². The number of nitrogens with zero attached hydrogens (tertiary/aromatic N) is 2. The van der Waals surface area contributed by atoms with Crippen LogP contribution in [0.4, 0.5) is 14.9 Å². The van der Waals surface area contributed by atoms with Gasteiger partial charge in [0.15, 0.2) is 0 Å². The molecule has 172 valence electrons.